The molecule has 0 radical (unpaired) electrons. The average molecular weight is 429 g/mol. The van der Waals surface area contributed by atoms with E-state index in [9.17, 15) is 13.2 Å². The molecule has 168 valence electrons. The SMILES string of the molecule is CN=C(NCc1ccc(OC(C)C)cc1C(F)(F)F)N1CCOC(C2CCCO2)C1. The van der Waals surface area contributed by atoms with Gasteiger partial charge in [0, 0.05) is 33.3 Å². The highest BCUT2D eigenvalue weighted by molar-refractivity contribution is 5.80. The van der Waals surface area contributed by atoms with Gasteiger partial charge in [-0.1, -0.05) is 6.07 Å². The molecule has 3 rings (SSSR count). The Hall–Kier alpha value is -2.00. The van der Waals surface area contributed by atoms with Crippen molar-refractivity contribution < 1.29 is 27.4 Å². The number of hydrogen-bond donors (Lipinski definition) is 1. The van der Waals surface area contributed by atoms with Crippen molar-refractivity contribution in [3.05, 3.63) is 29.3 Å². The first kappa shape index (κ1) is 22.7. The van der Waals surface area contributed by atoms with Crippen molar-refractivity contribution in [3.63, 3.8) is 0 Å². The van der Waals surface area contributed by atoms with Crippen LogP contribution in [0.15, 0.2) is 23.2 Å². The van der Waals surface area contributed by atoms with E-state index in [1.54, 1.807) is 27.0 Å². The second-order valence-corrected chi connectivity index (χ2v) is 7.79. The Morgan fingerprint density at radius 1 is 1.27 bits per heavy atom. The van der Waals surface area contributed by atoms with Gasteiger partial charge < -0.3 is 24.4 Å². The van der Waals surface area contributed by atoms with Crippen molar-refractivity contribution in [2.75, 3.05) is 33.4 Å². The Labute approximate surface area is 175 Å². The number of morpholine rings is 1. The van der Waals surface area contributed by atoms with Gasteiger partial charge in [-0.2, -0.15) is 13.2 Å². The van der Waals surface area contributed by atoms with Crippen molar-refractivity contribution >= 4 is 5.96 Å². The van der Waals surface area contributed by atoms with E-state index >= 15 is 0 Å². The van der Waals surface area contributed by atoms with E-state index in [2.05, 4.69) is 10.3 Å². The molecule has 2 aliphatic rings. The summed E-state index contributed by atoms with van der Waals surface area (Å²) in [6.07, 6.45) is -2.68. The zero-order valence-electron chi connectivity index (χ0n) is 17.7. The molecule has 0 amide bonds. The maximum atomic E-state index is 13.6. The Morgan fingerprint density at radius 2 is 2.03 bits per heavy atom. The second kappa shape index (κ2) is 9.87. The van der Waals surface area contributed by atoms with E-state index in [0.29, 0.717) is 25.7 Å². The lowest BCUT2D eigenvalue weighted by atomic mass is 10.1. The Balaban J connectivity index is 1.68. The molecule has 2 unspecified atom stereocenters. The van der Waals surface area contributed by atoms with Crippen LogP contribution >= 0.6 is 0 Å². The molecule has 9 heteroatoms. The van der Waals surface area contributed by atoms with Gasteiger partial charge in [0.1, 0.15) is 11.9 Å². The van der Waals surface area contributed by atoms with E-state index < -0.39 is 11.7 Å². The van der Waals surface area contributed by atoms with E-state index in [0.717, 1.165) is 25.5 Å². The number of rotatable bonds is 5. The molecule has 0 aliphatic carbocycles. The number of ether oxygens (including phenoxy) is 3. The van der Waals surface area contributed by atoms with Crippen LogP contribution in [0, 0.1) is 0 Å². The predicted octanol–water partition coefficient (Wildman–Crippen LogP) is 3.45. The largest absolute Gasteiger partial charge is 0.491 e. The molecule has 30 heavy (non-hydrogen) atoms. The summed E-state index contributed by atoms with van der Waals surface area (Å²) in [5, 5.41) is 3.08. The van der Waals surface area contributed by atoms with Gasteiger partial charge in [-0.3, -0.25) is 4.99 Å². The monoisotopic (exact) mass is 429 g/mol. The summed E-state index contributed by atoms with van der Waals surface area (Å²) in [6.45, 7) is 6.05. The zero-order chi connectivity index (χ0) is 21.7. The maximum absolute atomic E-state index is 13.6. The van der Waals surface area contributed by atoms with E-state index in [4.69, 9.17) is 14.2 Å². The van der Waals surface area contributed by atoms with Crippen molar-refractivity contribution in [2.24, 2.45) is 4.99 Å². The van der Waals surface area contributed by atoms with Crippen LogP contribution in [-0.2, 0) is 22.2 Å². The van der Waals surface area contributed by atoms with Gasteiger partial charge in [0.05, 0.1) is 24.4 Å². The maximum Gasteiger partial charge on any atom is 0.416 e. The van der Waals surface area contributed by atoms with E-state index in [1.807, 2.05) is 4.90 Å². The van der Waals surface area contributed by atoms with Crippen LogP contribution in [0.5, 0.6) is 5.75 Å². The smallest absolute Gasteiger partial charge is 0.416 e. The van der Waals surface area contributed by atoms with Crippen LogP contribution in [0.25, 0.3) is 0 Å². The second-order valence-electron chi connectivity index (χ2n) is 7.79. The molecule has 2 atom stereocenters. The summed E-state index contributed by atoms with van der Waals surface area (Å²) in [5.74, 6) is 0.759. The molecule has 0 aromatic heterocycles. The van der Waals surface area contributed by atoms with Gasteiger partial charge in [0.2, 0.25) is 0 Å². The summed E-state index contributed by atoms with van der Waals surface area (Å²) in [7, 11) is 1.63. The first-order valence-electron chi connectivity index (χ1n) is 10.3. The van der Waals surface area contributed by atoms with Gasteiger partial charge in [0.15, 0.2) is 5.96 Å². The fraction of sp³-hybridized carbons (Fsp3) is 0.667. The van der Waals surface area contributed by atoms with E-state index in [1.165, 1.54) is 6.07 Å². The third kappa shape index (κ3) is 5.78. The molecule has 2 aliphatic heterocycles. The van der Waals surface area contributed by atoms with Crippen LogP contribution in [0.3, 0.4) is 0 Å². The van der Waals surface area contributed by atoms with E-state index in [-0.39, 0.29) is 36.2 Å². The lowest BCUT2D eigenvalue weighted by molar-refractivity contribution is -0.138. The number of hydrogen-bond acceptors (Lipinski definition) is 4. The number of halogens is 3. The van der Waals surface area contributed by atoms with Crippen LogP contribution in [0.1, 0.15) is 37.8 Å². The molecule has 0 saturated carbocycles. The standard InChI is InChI=1S/C21H30F3N3O3/c1-14(2)30-16-7-6-15(17(11-16)21(22,23)24)12-26-20(25-3)27-8-10-29-19(13-27)18-5-4-9-28-18/h6-7,11,14,18-19H,4-5,8-10,12-13H2,1-3H3,(H,25,26). The highest BCUT2D eigenvalue weighted by Crippen LogP contribution is 2.34. The lowest BCUT2D eigenvalue weighted by Crippen LogP contribution is -2.53. The molecule has 2 saturated heterocycles. The fourth-order valence-corrected chi connectivity index (χ4v) is 3.81. The Kier molecular flexibility index (Phi) is 7.46. The molecule has 2 heterocycles. The van der Waals surface area contributed by atoms with Crippen LogP contribution in [-0.4, -0.2) is 62.5 Å². The van der Waals surface area contributed by atoms with Gasteiger partial charge in [0.25, 0.3) is 0 Å². The Bertz CT molecular complexity index is 734. The quantitative estimate of drug-likeness (QED) is 0.574. The summed E-state index contributed by atoms with van der Waals surface area (Å²) in [5.41, 5.74) is -0.563. The summed E-state index contributed by atoms with van der Waals surface area (Å²) in [4.78, 5) is 6.28. The fourth-order valence-electron chi connectivity index (χ4n) is 3.81. The van der Waals surface area contributed by atoms with Crippen molar-refractivity contribution in [1.82, 2.24) is 10.2 Å². The van der Waals surface area contributed by atoms with Crippen molar-refractivity contribution in [1.29, 1.82) is 0 Å². The number of guanidine groups is 1. The summed E-state index contributed by atoms with van der Waals surface area (Å²) in [6, 6.07) is 4.08. The molecule has 0 bridgehead atoms. The third-order valence-corrected chi connectivity index (χ3v) is 5.18. The average Bonchev–Trinajstić information content (AvgIpc) is 3.23. The minimum absolute atomic E-state index is 0.00538. The van der Waals surface area contributed by atoms with Crippen LogP contribution in [0.2, 0.25) is 0 Å². The molecule has 1 aromatic carbocycles. The number of benzene rings is 1. The first-order chi connectivity index (χ1) is 14.3. The first-order valence-corrected chi connectivity index (χ1v) is 10.3. The van der Waals surface area contributed by atoms with Crippen molar-refractivity contribution in [3.8, 4) is 5.75 Å². The van der Waals surface area contributed by atoms with Crippen molar-refractivity contribution in [2.45, 2.75) is 57.7 Å². The number of nitrogens with zero attached hydrogens (tertiary/aromatic N) is 2. The summed E-state index contributed by atoms with van der Waals surface area (Å²) >= 11 is 0. The normalized spacial score (nSPS) is 23.2. The molecule has 1 aromatic rings. The van der Waals surface area contributed by atoms with Gasteiger partial charge in [-0.15, -0.1) is 0 Å². The van der Waals surface area contributed by atoms with Crippen LogP contribution in [0.4, 0.5) is 13.2 Å². The zero-order valence-corrected chi connectivity index (χ0v) is 17.7. The molecule has 0 spiro atoms. The molecule has 2 fully saturated rings. The number of nitrogens with one attached hydrogen (secondary N) is 1. The highest BCUT2D eigenvalue weighted by Gasteiger charge is 2.35. The Morgan fingerprint density at radius 3 is 2.67 bits per heavy atom. The van der Waals surface area contributed by atoms with Gasteiger partial charge in [-0.25, -0.2) is 0 Å². The van der Waals surface area contributed by atoms with Gasteiger partial charge >= 0.3 is 6.18 Å². The minimum atomic E-state index is -4.47. The molecular weight excluding hydrogens is 399 g/mol. The highest BCUT2D eigenvalue weighted by atomic mass is 19.4. The molecule has 6 nitrogen and oxygen atoms in total. The predicted molar refractivity (Wildman–Crippen MR) is 108 cm³/mol. The molecule has 1 N–H and O–H groups in total. The minimum Gasteiger partial charge on any atom is -0.491 e. The number of aliphatic imine (C=N–C) groups is 1. The molecular formula is C21H30F3N3O3. The number of alkyl halides is 3. The topological polar surface area (TPSA) is 55.3 Å². The van der Waals surface area contributed by atoms with Gasteiger partial charge in [-0.05, 0) is 44.4 Å². The summed E-state index contributed by atoms with van der Waals surface area (Å²) < 4.78 is 57.8. The van der Waals surface area contributed by atoms with Crippen LogP contribution < -0.4 is 10.1 Å². The third-order valence-electron chi connectivity index (χ3n) is 5.18. The lowest BCUT2D eigenvalue weighted by Gasteiger charge is -2.37.